The summed E-state index contributed by atoms with van der Waals surface area (Å²) >= 11 is 7.66. The third-order valence-corrected chi connectivity index (χ3v) is 7.61. The summed E-state index contributed by atoms with van der Waals surface area (Å²) in [5, 5.41) is 0.558. The summed E-state index contributed by atoms with van der Waals surface area (Å²) in [7, 11) is 0. The Morgan fingerprint density at radius 3 is 2.28 bits per heavy atom. The molecule has 190 valence electrons. The van der Waals surface area contributed by atoms with Gasteiger partial charge in [-0.05, 0) is 86.9 Å². The SMILES string of the molecule is Cc1ccc(CN(Cc2ccc(F)cc2)C(=O)CN(CCN2CCCC2)C(=O)c2ccc(Cl)cc2)s1. The van der Waals surface area contributed by atoms with Crippen molar-refractivity contribution in [1.29, 1.82) is 0 Å². The fourth-order valence-electron chi connectivity index (χ4n) is 4.36. The molecular formula is C28H31ClFN3O2S. The highest BCUT2D eigenvalue weighted by molar-refractivity contribution is 7.11. The van der Waals surface area contributed by atoms with Crippen molar-refractivity contribution >= 4 is 34.8 Å². The Bertz CT molecular complexity index is 1160. The highest BCUT2D eigenvalue weighted by Gasteiger charge is 2.24. The third-order valence-electron chi connectivity index (χ3n) is 6.37. The predicted octanol–water partition coefficient (Wildman–Crippen LogP) is 5.62. The van der Waals surface area contributed by atoms with E-state index in [0.29, 0.717) is 30.2 Å². The zero-order valence-corrected chi connectivity index (χ0v) is 22.0. The van der Waals surface area contributed by atoms with Crippen LogP contribution >= 0.6 is 22.9 Å². The van der Waals surface area contributed by atoms with Crippen LogP contribution in [0.5, 0.6) is 0 Å². The normalized spacial score (nSPS) is 13.6. The minimum atomic E-state index is -0.313. The zero-order valence-electron chi connectivity index (χ0n) is 20.5. The Hall–Kier alpha value is -2.74. The van der Waals surface area contributed by atoms with Crippen molar-refractivity contribution < 1.29 is 14.0 Å². The van der Waals surface area contributed by atoms with E-state index in [-0.39, 0.29) is 24.2 Å². The van der Waals surface area contributed by atoms with Crippen LogP contribution in [0.15, 0.2) is 60.7 Å². The Balaban J connectivity index is 1.53. The van der Waals surface area contributed by atoms with Crippen LogP contribution in [-0.4, -0.2) is 59.2 Å². The quantitative estimate of drug-likeness (QED) is 0.344. The Morgan fingerprint density at radius 1 is 0.944 bits per heavy atom. The van der Waals surface area contributed by atoms with Gasteiger partial charge in [0.05, 0.1) is 6.54 Å². The van der Waals surface area contributed by atoms with Gasteiger partial charge in [-0.2, -0.15) is 0 Å². The van der Waals surface area contributed by atoms with Crippen molar-refractivity contribution in [2.75, 3.05) is 32.7 Å². The van der Waals surface area contributed by atoms with Crippen LogP contribution in [0.2, 0.25) is 5.02 Å². The van der Waals surface area contributed by atoms with Crippen LogP contribution in [0.1, 0.15) is 38.5 Å². The van der Waals surface area contributed by atoms with E-state index in [1.165, 1.54) is 17.0 Å². The molecule has 0 radical (unpaired) electrons. The predicted molar refractivity (Wildman–Crippen MR) is 143 cm³/mol. The number of nitrogens with zero attached hydrogens (tertiary/aromatic N) is 3. The van der Waals surface area contributed by atoms with Crippen molar-refractivity contribution in [3.8, 4) is 0 Å². The molecule has 8 heteroatoms. The van der Waals surface area contributed by atoms with Gasteiger partial charge in [-0.3, -0.25) is 9.59 Å². The lowest BCUT2D eigenvalue weighted by atomic mass is 10.2. The summed E-state index contributed by atoms with van der Waals surface area (Å²) in [6.45, 7) is 6.02. The van der Waals surface area contributed by atoms with Crippen LogP contribution in [0.4, 0.5) is 4.39 Å². The van der Waals surface area contributed by atoms with Crippen molar-refractivity contribution in [2.24, 2.45) is 0 Å². The second-order valence-corrected chi connectivity index (χ2v) is 11.0. The molecule has 0 bridgehead atoms. The van der Waals surface area contributed by atoms with E-state index in [1.807, 2.05) is 19.1 Å². The molecule has 1 fully saturated rings. The summed E-state index contributed by atoms with van der Waals surface area (Å²) in [6, 6.07) is 17.0. The maximum Gasteiger partial charge on any atom is 0.254 e. The van der Waals surface area contributed by atoms with Crippen LogP contribution < -0.4 is 0 Å². The molecule has 0 atom stereocenters. The molecule has 1 saturated heterocycles. The molecule has 2 heterocycles. The number of hydrogen-bond donors (Lipinski definition) is 0. The molecule has 0 saturated carbocycles. The molecule has 0 spiro atoms. The lowest BCUT2D eigenvalue weighted by Gasteiger charge is -2.29. The van der Waals surface area contributed by atoms with Crippen LogP contribution in [0.25, 0.3) is 0 Å². The zero-order chi connectivity index (χ0) is 25.5. The van der Waals surface area contributed by atoms with Gasteiger partial charge >= 0.3 is 0 Å². The Kier molecular flexibility index (Phi) is 9.13. The Morgan fingerprint density at radius 2 is 1.64 bits per heavy atom. The summed E-state index contributed by atoms with van der Waals surface area (Å²) in [5.74, 6) is -0.644. The number of aryl methyl sites for hydroxylation is 1. The topological polar surface area (TPSA) is 43.9 Å². The first kappa shape index (κ1) is 26.3. The number of rotatable bonds is 10. The lowest BCUT2D eigenvalue weighted by Crippen LogP contribution is -2.45. The van der Waals surface area contributed by atoms with Crippen LogP contribution in [0.3, 0.4) is 0 Å². The molecule has 4 rings (SSSR count). The number of amides is 2. The van der Waals surface area contributed by atoms with Gasteiger partial charge in [0, 0.05) is 40.0 Å². The maximum atomic E-state index is 13.6. The minimum Gasteiger partial charge on any atom is -0.332 e. The number of halogens is 2. The number of hydrogen-bond acceptors (Lipinski definition) is 4. The van der Waals surface area contributed by atoms with Gasteiger partial charge < -0.3 is 14.7 Å². The van der Waals surface area contributed by atoms with Crippen LogP contribution in [0, 0.1) is 12.7 Å². The van der Waals surface area contributed by atoms with Crippen molar-refractivity contribution in [3.63, 3.8) is 0 Å². The van der Waals surface area contributed by atoms with Crippen LogP contribution in [-0.2, 0) is 17.9 Å². The van der Waals surface area contributed by atoms with E-state index < -0.39 is 0 Å². The van der Waals surface area contributed by atoms with Crippen molar-refractivity contribution in [3.05, 3.63) is 92.4 Å². The molecule has 3 aromatic rings. The van der Waals surface area contributed by atoms with Gasteiger partial charge in [0.2, 0.25) is 5.91 Å². The summed E-state index contributed by atoms with van der Waals surface area (Å²) in [4.78, 5) is 35.0. The second kappa shape index (κ2) is 12.5. The minimum absolute atomic E-state index is 0.0269. The van der Waals surface area contributed by atoms with E-state index in [2.05, 4.69) is 4.90 Å². The van der Waals surface area contributed by atoms with E-state index in [1.54, 1.807) is 57.5 Å². The first-order valence-corrected chi connectivity index (χ1v) is 13.4. The van der Waals surface area contributed by atoms with Gasteiger partial charge in [0.25, 0.3) is 5.91 Å². The molecular weight excluding hydrogens is 497 g/mol. The molecule has 0 aliphatic carbocycles. The second-order valence-electron chi connectivity index (χ2n) is 9.17. The third kappa shape index (κ3) is 7.38. The smallest absolute Gasteiger partial charge is 0.254 e. The standard InChI is InChI=1S/C28H31ClFN3O2S/c1-21-4-13-26(36-21)19-33(18-22-5-11-25(30)12-6-22)27(34)20-32(17-16-31-14-2-3-15-31)28(35)23-7-9-24(29)10-8-23/h4-13H,2-3,14-20H2,1H3. The molecule has 2 amide bonds. The summed E-state index contributed by atoms with van der Waals surface area (Å²) in [6.07, 6.45) is 2.32. The highest BCUT2D eigenvalue weighted by atomic mass is 35.5. The fraction of sp³-hybridized carbons (Fsp3) is 0.357. The van der Waals surface area contributed by atoms with Gasteiger partial charge in [0.1, 0.15) is 12.4 Å². The monoisotopic (exact) mass is 527 g/mol. The van der Waals surface area contributed by atoms with E-state index >= 15 is 0 Å². The average molecular weight is 528 g/mol. The molecule has 1 aliphatic heterocycles. The molecule has 2 aromatic carbocycles. The first-order chi connectivity index (χ1) is 17.4. The molecule has 1 aliphatic rings. The molecule has 5 nitrogen and oxygen atoms in total. The Labute approximate surface area is 221 Å². The van der Waals surface area contributed by atoms with E-state index in [4.69, 9.17) is 11.6 Å². The molecule has 36 heavy (non-hydrogen) atoms. The van der Waals surface area contributed by atoms with E-state index in [0.717, 1.165) is 42.9 Å². The number of likely N-dealkylation sites (tertiary alicyclic amines) is 1. The maximum absolute atomic E-state index is 13.6. The average Bonchev–Trinajstić information content (AvgIpc) is 3.54. The van der Waals surface area contributed by atoms with Crippen molar-refractivity contribution in [2.45, 2.75) is 32.9 Å². The van der Waals surface area contributed by atoms with Gasteiger partial charge in [0.15, 0.2) is 0 Å². The number of benzene rings is 2. The summed E-state index contributed by atoms with van der Waals surface area (Å²) < 4.78 is 13.5. The lowest BCUT2D eigenvalue weighted by molar-refractivity contribution is -0.133. The van der Waals surface area contributed by atoms with Crippen molar-refractivity contribution in [1.82, 2.24) is 14.7 Å². The van der Waals surface area contributed by atoms with Gasteiger partial charge in [-0.1, -0.05) is 23.7 Å². The fourth-order valence-corrected chi connectivity index (χ4v) is 5.39. The summed E-state index contributed by atoms with van der Waals surface area (Å²) in [5.41, 5.74) is 1.35. The number of carbonyl (C=O) groups excluding carboxylic acids is 2. The molecule has 0 unspecified atom stereocenters. The molecule has 0 N–H and O–H groups in total. The molecule has 1 aromatic heterocycles. The van der Waals surface area contributed by atoms with Gasteiger partial charge in [-0.25, -0.2) is 4.39 Å². The largest absolute Gasteiger partial charge is 0.332 e. The number of thiophene rings is 1. The van der Waals surface area contributed by atoms with E-state index in [9.17, 15) is 14.0 Å². The van der Waals surface area contributed by atoms with Gasteiger partial charge in [-0.15, -0.1) is 11.3 Å². The number of carbonyl (C=O) groups is 2. The highest BCUT2D eigenvalue weighted by Crippen LogP contribution is 2.20. The first-order valence-electron chi connectivity index (χ1n) is 12.2.